The third kappa shape index (κ3) is 3.56. The van der Waals surface area contributed by atoms with Crippen molar-refractivity contribution in [3.63, 3.8) is 0 Å². The summed E-state index contributed by atoms with van der Waals surface area (Å²) in [6.07, 6.45) is 1.62. The van der Waals surface area contributed by atoms with Gasteiger partial charge in [-0.15, -0.1) is 0 Å². The first-order valence-electron chi connectivity index (χ1n) is 7.77. The summed E-state index contributed by atoms with van der Waals surface area (Å²) in [5.41, 5.74) is 2.07. The summed E-state index contributed by atoms with van der Waals surface area (Å²) < 4.78 is 26.5. The van der Waals surface area contributed by atoms with Gasteiger partial charge >= 0.3 is 0 Å². The first kappa shape index (κ1) is 18.3. The molecule has 24 heavy (non-hydrogen) atoms. The van der Waals surface area contributed by atoms with Gasteiger partial charge in [0.2, 0.25) is 0 Å². The molecule has 128 valence electrons. The molecule has 0 aliphatic rings. The molecular weight excluding hydrogens is 332 g/mol. The number of H-pyrrole nitrogens is 1. The standard InChI is InChI=1S/C16H14ClF2N3.C2H6/c1-16(2,3)14-4-9(17)8(7-20-14)15-21-12-5-10(18)11(19)6-13(12)22-15;1-2/h4-7H,1-3H3,(H,21,22);1-2H3. The van der Waals surface area contributed by atoms with E-state index in [0.717, 1.165) is 17.8 Å². The second kappa shape index (κ2) is 6.85. The molecule has 2 aromatic heterocycles. The molecule has 0 atom stereocenters. The van der Waals surface area contributed by atoms with Crippen LogP contribution in [0.2, 0.25) is 5.02 Å². The summed E-state index contributed by atoms with van der Waals surface area (Å²) >= 11 is 6.31. The van der Waals surface area contributed by atoms with Gasteiger partial charge in [0.15, 0.2) is 11.6 Å². The van der Waals surface area contributed by atoms with Gasteiger partial charge in [0, 0.05) is 29.4 Å². The van der Waals surface area contributed by atoms with E-state index >= 15 is 0 Å². The van der Waals surface area contributed by atoms with E-state index in [9.17, 15) is 8.78 Å². The summed E-state index contributed by atoms with van der Waals surface area (Å²) in [6.45, 7) is 10.1. The number of halogens is 3. The number of hydrogen-bond acceptors (Lipinski definition) is 2. The highest BCUT2D eigenvalue weighted by Gasteiger charge is 2.18. The van der Waals surface area contributed by atoms with Crippen molar-refractivity contribution in [1.82, 2.24) is 15.0 Å². The van der Waals surface area contributed by atoms with Crippen LogP contribution in [0.3, 0.4) is 0 Å². The molecule has 0 spiro atoms. The number of nitrogens with one attached hydrogen (secondary N) is 1. The molecule has 1 aromatic carbocycles. The molecule has 6 heteroatoms. The molecule has 0 saturated heterocycles. The Balaban J connectivity index is 0.00000100. The van der Waals surface area contributed by atoms with E-state index in [-0.39, 0.29) is 5.41 Å². The van der Waals surface area contributed by atoms with Gasteiger partial charge in [-0.1, -0.05) is 46.2 Å². The third-order valence-corrected chi connectivity index (χ3v) is 3.71. The van der Waals surface area contributed by atoms with Gasteiger partial charge in [-0.3, -0.25) is 4.98 Å². The third-order valence-electron chi connectivity index (χ3n) is 3.40. The average Bonchev–Trinajstić information content (AvgIpc) is 2.91. The second-order valence-electron chi connectivity index (χ2n) is 6.17. The Hall–Kier alpha value is -2.01. The minimum atomic E-state index is -0.933. The lowest BCUT2D eigenvalue weighted by atomic mass is 9.91. The normalized spacial score (nSPS) is 11.3. The SMILES string of the molecule is CC.CC(C)(C)c1cc(Cl)c(-c2nc3cc(F)c(F)cc3[nH]2)cn1. The molecule has 3 nitrogen and oxygen atoms in total. The zero-order valence-electron chi connectivity index (χ0n) is 14.3. The zero-order chi connectivity index (χ0) is 18.1. The molecule has 0 radical (unpaired) electrons. The van der Waals surface area contributed by atoms with Crippen LogP contribution >= 0.6 is 11.6 Å². The minimum Gasteiger partial charge on any atom is -0.338 e. The minimum absolute atomic E-state index is 0.123. The van der Waals surface area contributed by atoms with E-state index in [0.29, 0.717) is 27.4 Å². The quantitative estimate of drug-likeness (QED) is 0.594. The van der Waals surface area contributed by atoms with Crippen LogP contribution in [0.5, 0.6) is 0 Å². The molecule has 1 N–H and O–H groups in total. The summed E-state index contributed by atoms with van der Waals surface area (Å²) in [4.78, 5) is 11.6. The van der Waals surface area contributed by atoms with Crippen molar-refractivity contribution < 1.29 is 8.78 Å². The number of benzene rings is 1. The topological polar surface area (TPSA) is 41.6 Å². The molecule has 0 aliphatic carbocycles. The summed E-state index contributed by atoms with van der Waals surface area (Å²) in [5, 5.41) is 0.486. The molecule has 0 aliphatic heterocycles. The highest BCUT2D eigenvalue weighted by atomic mass is 35.5. The van der Waals surface area contributed by atoms with E-state index in [1.165, 1.54) is 0 Å². The maximum atomic E-state index is 13.3. The summed E-state index contributed by atoms with van der Waals surface area (Å²) in [5.74, 6) is -1.43. The highest BCUT2D eigenvalue weighted by molar-refractivity contribution is 6.33. The van der Waals surface area contributed by atoms with Crippen LogP contribution in [0, 0.1) is 11.6 Å². The molecular formula is C18H20ClF2N3. The fraction of sp³-hybridized carbons (Fsp3) is 0.333. The van der Waals surface area contributed by atoms with Crippen LogP contribution in [0.1, 0.15) is 40.3 Å². The Bertz CT molecular complexity index is 828. The second-order valence-corrected chi connectivity index (χ2v) is 6.58. The van der Waals surface area contributed by atoms with Gasteiger partial charge in [-0.25, -0.2) is 13.8 Å². The number of rotatable bonds is 1. The number of hydrogen-bond donors (Lipinski definition) is 1. The Labute approximate surface area is 145 Å². The molecule has 0 fully saturated rings. The number of imidazole rings is 1. The van der Waals surface area contributed by atoms with Crippen molar-refractivity contribution >= 4 is 22.6 Å². The first-order chi connectivity index (χ1) is 11.3. The molecule has 0 saturated carbocycles. The van der Waals surface area contributed by atoms with E-state index in [4.69, 9.17) is 11.6 Å². The zero-order valence-corrected chi connectivity index (χ0v) is 15.1. The van der Waals surface area contributed by atoms with E-state index < -0.39 is 11.6 Å². The van der Waals surface area contributed by atoms with Gasteiger partial charge in [-0.05, 0) is 6.07 Å². The lowest BCUT2D eigenvalue weighted by molar-refractivity contribution is 0.510. The van der Waals surface area contributed by atoms with E-state index in [1.807, 2.05) is 34.6 Å². The predicted octanol–water partition coefficient (Wildman–Crippen LogP) is 5.88. The van der Waals surface area contributed by atoms with Gasteiger partial charge in [0.25, 0.3) is 0 Å². The summed E-state index contributed by atoms with van der Waals surface area (Å²) in [6, 6.07) is 3.91. The van der Waals surface area contributed by atoms with Crippen molar-refractivity contribution in [3.8, 4) is 11.4 Å². The Kier molecular flexibility index (Phi) is 5.23. The summed E-state index contributed by atoms with van der Waals surface area (Å²) in [7, 11) is 0. The van der Waals surface area contributed by atoms with Crippen molar-refractivity contribution in [2.75, 3.05) is 0 Å². The molecule has 0 amide bonds. The van der Waals surface area contributed by atoms with Crippen molar-refractivity contribution in [2.24, 2.45) is 0 Å². The maximum absolute atomic E-state index is 13.3. The highest BCUT2D eigenvalue weighted by Crippen LogP contribution is 2.31. The van der Waals surface area contributed by atoms with Crippen LogP contribution < -0.4 is 0 Å². The molecule has 3 aromatic rings. The van der Waals surface area contributed by atoms with Crippen LogP contribution in [0.4, 0.5) is 8.78 Å². The van der Waals surface area contributed by atoms with E-state index in [1.54, 1.807) is 12.3 Å². The van der Waals surface area contributed by atoms with Gasteiger partial charge in [0.05, 0.1) is 21.6 Å². The number of aromatic amines is 1. The molecule has 0 bridgehead atoms. The van der Waals surface area contributed by atoms with Crippen molar-refractivity contribution in [2.45, 2.75) is 40.0 Å². The number of pyridine rings is 1. The van der Waals surface area contributed by atoms with E-state index in [2.05, 4.69) is 15.0 Å². The fourth-order valence-electron chi connectivity index (χ4n) is 2.15. The smallest absolute Gasteiger partial charge is 0.161 e. The van der Waals surface area contributed by atoms with Crippen LogP contribution in [-0.4, -0.2) is 15.0 Å². The predicted molar refractivity (Wildman–Crippen MR) is 94.3 cm³/mol. The molecule has 0 unspecified atom stereocenters. The van der Waals surface area contributed by atoms with Crippen LogP contribution in [0.25, 0.3) is 22.4 Å². The first-order valence-corrected chi connectivity index (χ1v) is 8.14. The number of fused-ring (bicyclic) bond motifs is 1. The Morgan fingerprint density at radius 2 is 1.67 bits per heavy atom. The fourth-order valence-corrected chi connectivity index (χ4v) is 2.39. The molecule has 3 rings (SSSR count). The monoisotopic (exact) mass is 351 g/mol. The lowest BCUT2D eigenvalue weighted by Gasteiger charge is -2.18. The van der Waals surface area contributed by atoms with Gasteiger partial charge in [0.1, 0.15) is 5.82 Å². The van der Waals surface area contributed by atoms with Gasteiger partial charge < -0.3 is 4.98 Å². The Morgan fingerprint density at radius 1 is 1.04 bits per heavy atom. The maximum Gasteiger partial charge on any atom is 0.161 e. The van der Waals surface area contributed by atoms with Crippen molar-refractivity contribution in [3.05, 3.63) is 46.7 Å². The number of aromatic nitrogens is 3. The van der Waals surface area contributed by atoms with Crippen molar-refractivity contribution in [1.29, 1.82) is 0 Å². The Morgan fingerprint density at radius 3 is 2.25 bits per heavy atom. The lowest BCUT2D eigenvalue weighted by Crippen LogP contribution is -2.13. The number of nitrogens with zero attached hydrogens (tertiary/aromatic N) is 2. The average molecular weight is 352 g/mol. The van der Waals surface area contributed by atoms with Crippen LogP contribution in [0.15, 0.2) is 24.4 Å². The van der Waals surface area contributed by atoms with Crippen LogP contribution in [-0.2, 0) is 5.41 Å². The molecule has 2 heterocycles. The van der Waals surface area contributed by atoms with Gasteiger partial charge in [-0.2, -0.15) is 0 Å². The largest absolute Gasteiger partial charge is 0.338 e.